The quantitative estimate of drug-likeness (QED) is 0.823. The van der Waals surface area contributed by atoms with Crippen molar-refractivity contribution in [1.29, 1.82) is 0 Å². The first-order valence-electron chi connectivity index (χ1n) is 6.41. The van der Waals surface area contributed by atoms with E-state index in [-0.39, 0.29) is 11.9 Å². The number of fused-ring (bicyclic) bond motifs is 1. The van der Waals surface area contributed by atoms with Crippen molar-refractivity contribution in [1.82, 2.24) is 10.3 Å². The normalized spacial score (nSPS) is 30.2. The predicted octanol–water partition coefficient (Wildman–Crippen LogP) is 2.17. The molecule has 2 heterocycles. The van der Waals surface area contributed by atoms with Crippen LogP contribution < -0.4 is 10.6 Å². The molecule has 1 aliphatic heterocycles. The van der Waals surface area contributed by atoms with Crippen LogP contribution in [0.2, 0.25) is 0 Å². The SMILES string of the molecule is O=C(Nc1cccc(Br)n1)[C@H]1NC[C@H]2CCC[C@H]21. The number of hydrogen-bond donors (Lipinski definition) is 2. The van der Waals surface area contributed by atoms with Crippen LogP contribution in [0.5, 0.6) is 0 Å². The standard InChI is InChI=1S/C13H16BrN3O/c14-10-5-2-6-11(16-10)17-13(18)12-9-4-1-3-8(9)7-15-12/h2,5-6,8-9,12,15H,1,3-4,7H2,(H,16,17,18)/t8-,9-,12+/m1/s1. The molecule has 5 heteroatoms. The Labute approximate surface area is 115 Å². The van der Waals surface area contributed by atoms with Gasteiger partial charge in [0.25, 0.3) is 0 Å². The molecule has 1 aromatic rings. The molecule has 0 radical (unpaired) electrons. The van der Waals surface area contributed by atoms with E-state index in [1.54, 1.807) is 0 Å². The molecule has 2 aliphatic rings. The van der Waals surface area contributed by atoms with E-state index in [4.69, 9.17) is 0 Å². The second-order valence-electron chi connectivity index (χ2n) is 5.08. The number of hydrogen-bond acceptors (Lipinski definition) is 3. The van der Waals surface area contributed by atoms with Crippen molar-refractivity contribution in [2.75, 3.05) is 11.9 Å². The molecular formula is C13H16BrN3O. The summed E-state index contributed by atoms with van der Waals surface area (Å²) in [5, 5.41) is 6.24. The van der Waals surface area contributed by atoms with Crippen LogP contribution in [0.4, 0.5) is 5.82 Å². The van der Waals surface area contributed by atoms with Crippen LogP contribution in [0.15, 0.2) is 22.8 Å². The topological polar surface area (TPSA) is 54.0 Å². The van der Waals surface area contributed by atoms with E-state index in [9.17, 15) is 4.79 Å². The van der Waals surface area contributed by atoms with Gasteiger partial charge in [-0.1, -0.05) is 12.5 Å². The molecular weight excluding hydrogens is 294 g/mol. The molecule has 2 N–H and O–H groups in total. The second-order valence-corrected chi connectivity index (χ2v) is 5.89. The third-order valence-electron chi connectivity index (χ3n) is 3.99. The Morgan fingerprint density at radius 1 is 1.44 bits per heavy atom. The fraction of sp³-hybridized carbons (Fsp3) is 0.538. The van der Waals surface area contributed by atoms with Crippen LogP contribution in [0.25, 0.3) is 0 Å². The number of halogens is 1. The average Bonchev–Trinajstić information content (AvgIpc) is 2.89. The van der Waals surface area contributed by atoms with Gasteiger partial charge in [-0.3, -0.25) is 4.79 Å². The van der Waals surface area contributed by atoms with Crippen LogP contribution in [0, 0.1) is 11.8 Å². The molecule has 2 fully saturated rings. The lowest BCUT2D eigenvalue weighted by molar-refractivity contribution is -0.118. The molecule has 0 spiro atoms. The number of amides is 1. The first kappa shape index (κ1) is 12.1. The molecule has 1 aromatic heterocycles. The fourth-order valence-electron chi connectivity index (χ4n) is 3.16. The Hall–Kier alpha value is -0.940. The van der Waals surface area contributed by atoms with E-state index >= 15 is 0 Å². The number of nitrogens with one attached hydrogen (secondary N) is 2. The van der Waals surface area contributed by atoms with Gasteiger partial charge in [0.15, 0.2) is 0 Å². The molecule has 1 saturated heterocycles. The van der Waals surface area contributed by atoms with E-state index in [2.05, 4.69) is 31.5 Å². The molecule has 0 aromatic carbocycles. The molecule has 18 heavy (non-hydrogen) atoms. The summed E-state index contributed by atoms with van der Waals surface area (Å²) < 4.78 is 0.735. The Morgan fingerprint density at radius 3 is 3.17 bits per heavy atom. The van der Waals surface area contributed by atoms with E-state index < -0.39 is 0 Å². The summed E-state index contributed by atoms with van der Waals surface area (Å²) in [5.41, 5.74) is 0. The molecule has 3 atom stereocenters. The van der Waals surface area contributed by atoms with E-state index in [0.717, 1.165) is 11.1 Å². The highest BCUT2D eigenvalue weighted by atomic mass is 79.9. The summed E-state index contributed by atoms with van der Waals surface area (Å²) in [6.07, 6.45) is 3.69. The summed E-state index contributed by atoms with van der Waals surface area (Å²) in [4.78, 5) is 16.5. The lowest BCUT2D eigenvalue weighted by atomic mass is 9.94. The van der Waals surface area contributed by atoms with Crippen molar-refractivity contribution >= 4 is 27.7 Å². The number of aromatic nitrogens is 1. The fourth-order valence-corrected chi connectivity index (χ4v) is 3.50. The number of carbonyl (C=O) groups excluding carboxylic acids is 1. The molecule has 96 valence electrons. The smallest absolute Gasteiger partial charge is 0.242 e. The number of rotatable bonds is 2. The van der Waals surface area contributed by atoms with Crippen LogP contribution >= 0.6 is 15.9 Å². The highest BCUT2D eigenvalue weighted by molar-refractivity contribution is 9.10. The zero-order chi connectivity index (χ0) is 12.5. The van der Waals surface area contributed by atoms with Gasteiger partial charge in [-0.25, -0.2) is 4.98 Å². The number of pyridine rings is 1. The van der Waals surface area contributed by atoms with Gasteiger partial charge in [0.05, 0.1) is 6.04 Å². The van der Waals surface area contributed by atoms with Crippen LogP contribution in [0.1, 0.15) is 19.3 Å². The molecule has 1 saturated carbocycles. The van der Waals surface area contributed by atoms with Gasteiger partial charge in [-0.15, -0.1) is 0 Å². The van der Waals surface area contributed by atoms with Crippen molar-refractivity contribution in [3.8, 4) is 0 Å². The van der Waals surface area contributed by atoms with E-state index in [1.807, 2.05) is 18.2 Å². The largest absolute Gasteiger partial charge is 0.309 e. The third kappa shape index (κ3) is 2.29. The predicted molar refractivity (Wildman–Crippen MR) is 73.2 cm³/mol. The molecule has 1 amide bonds. The Balaban J connectivity index is 1.68. The summed E-state index contributed by atoms with van der Waals surface area (Å²) in [7, 11) is 0. The maximum absolute atomic E-state index is 12.2. The summed E-state index contributed by atoms with van der Waals surface area (Å²) >= 11 is 3.30. The Kier molecular flexibility index (Phi) is 3.35. The van der Waals surface area contributed by atoms with Gasteiger partial charge in [-0.05, 0) is 59.3 Å². The Bertz CT molecular complexity index is 465. The lowest BCUT2D eigenvalue weighted by Crippen LogP contribution is -2.39. The van der Waals surface area contributed by atoms with Crippen molar-refractivity contribution < 1.29 is 4.79 Å². The minimum atomic E-state index is -0.0433. The number of carbonyl (C=O) groups is 1. The van der Waals surface area contributed by atoms with Gasteiger partial charge < -0.3 is 10.6 Å². The first-order chi connectivity index (χ1) is 8.74. The Morgan fingerprint density at radius 2 is 2.33 bits per heavy atom. The average molecular weight is 310 g/mol. The van der Waals surface area contributed by atoms with Crippen molar-refractivity contribution in [2.45, 2.75) is 25.3 Å². The minimum Gasteiger partial charge on any atom is -0.309 e. The van der Waals surface area contributed by atoms with Crippen LogP contribution in [0.3, 0.4) is 0 Å². The van der Waals surface area contributed by atoms with Gasteiger partial charge >= 0.3 is 0 Å². The van der Waals surface area contributed by atoms with E-state index in [0.29, 0.717) is 17.7 Å². The van der Waals surface area contributed by atoms with Crippen molar-refractivity contribution in [2.24, 2.45) is 11.8 Å². The van der Waals surface area contributed by atoms with Crippen molar-refractivity contribution in [3.05, 3.63) is 22.8 Å². The van der Waals surface area contributed by atoms with Gasteiger partial charge in [0.2, 0.25) is 5.91 Å². The maximum atomic E-state index is 12.2. The molecule has 0 bridgehead atoms. The molecule has 4 nitrogen and oxygen atoms in total. The molecule has 1 aliphatic carbocycles. The zero-order valence-electron chi connectivity index (χ0n) is 10.0. The van der Waals surface area contributed by atoms with E-state index in [1.165, 1.54) is 19.3 Å². The highest BCUT2D eigenvalue weighted by Crippen LogP contribution is 2.37. The van der Waals surface area contributed by atoms with Crippen molar-refractivity contribution in [3.63, 3.8) is 0 Å². The zero-order valence-corrected chi connectivity index (χ0v) is 11.6. The number of nitrogens with zero attached hydrogens (tertiary/aromatic N) is 1. The molecule has 0 unspecified atom stereocenters. The second kappa shape index (κ2) is 4.97. The van der Waals surface area contributed by atoms with Gasteiger partial charge in [0, 0.05) is 0 Å². The number of anilines is 1. The van der Waals surface area contributed by atoms with Gasteiger partial charge in [0.1, 0.15) is 10.4 Å². The molecule has 3 rings (SSSR count). The summed E-state index contributed by atoms with van der Waals surface area (Å²) in [5.74, 6) is 1.86. The summed E-state index contributed by atoms with van der Waals surface area (Å²) in [6, 6.07) is 5.48. The maximum Gasteiger partial charge on any atom is 0.242 e. The first-order valence-corrected chi connectivity index (χ1v) is 7.20. The van der Waals surface area contributed by atoms with Gasteiger partial charge in [-0.2, -0.15) is 0 Å². The highest BCUT2D eigenvalue weighted by Gasteiger charge is 2.42. The lowest BCUT2D eigenvalue weighted by Gasteiger charge is -2.17. The third-order valence-corrected chi connectivity index (χ3v) is 4.44. The van der Waals surface area contributed by atoms with Crippen LogP contribution in [-0.4, -0.2) is 23.5 Å². The monoisotopic (exact) mass is 309 g/mol. The minimum absolute atomic E-state index is 0.0433. The summed E-state index contributed by atoms with van der Waals surface area (Å²) in [6.45, 7) is 0.981. The van der Waals surface area contributed by atoms with Crippen LogP contribution in [-0.2, 0) is 4.79 Å².